The van der Waals surface area contributed by atoms with Crippen molar-refractivity contribution in [3.63, 3.8) is 0 Å². The van der Waals surface area contributed by atoms with Crippen molar-refractivity contribution in [2.45, 2.75) is 46.6 Å². The zero-order valence-corrected chi connectivity index (χ0v) is 21.7. The van der Waals surface area contributed by atoms with Crippen molar-refractivity contribution < 1.29 is 28.3 Å². The first-order valence-electron chi connectivity index (χ1n) is 12.4. The number of hydrogen-bond donors (Lipinski definition) is 3. The number of nitrogens with one attached hydrogen (secondary N) is 2. The predicted molar refractivity (Wildman–Crippen MR) is 143 cm³/mol. The summed E-state index contributed by atoms with van der Waals surface area (Å²) in [5.74, 6) is -2.60. The minimum atomic E-state index is -1.14. The molecule has 2 amide bonds. The maximum Gasteiger partial charge on any atom is 0.340 e. The Balaban J connectivity index is 1.55. The van der Waals surface area contributed by atoms with Crippen LogP contribution in [-0.4, -0.2) is 35.5 Å². The molecule has 4 aromatic rings. The summed E-state index contributed by atoms with van der Waals surface area (Å²) in [7, 11) is 0. The van der Waals surface area contributed by atoms with Crippen molar-refractivity contribution >= 4 is 39.7 Å². The summed E-state index contributed by atoms with van der Waals surface area (Å²) in [4.78, 5) is 49.0. The zero-order valence-electron chi connectivity index (χ0n) is 21.7. The molecule has 0 radical (unpaired) electrons. The highest BCUT2D eigenvalue weighted by Gasteiger charge is 2.25. The Kier molecular flexibility index (Phi) is 7.66. The van der Waals surface area contributed by atoms with Gasteiger partial charge in [0.1, 0.15) is 17.2 Å². The number of carbonyl (C=O) groups excluding carboxylic acids is 2. The lowest BCUT2D eigenvalue weighted by Gasteiger charge is -2.20. The van der Waals surface area contributed by atoms with Crippen LogP contribution in [0, 0.1) is 19.8 Å². The summed E-state index contributed by atoms with van der Waals surface area (Å²) in [5, 5.41) is 15.7. The van der Waals surface area contributed by atoms with Gasteiger partial charge in [-0.15, -0.1) is 0 Å². The van der Waals surface area contributed by atoms with Crippen molar-refractivity contribution in [1.29, 1.82) is 0 Å². The number of carboxylic acids is 1. The molecule has 0 aliphatic rings. The molecule has 2 unspecified atom stereocenters. The third-order valence-electron chi connectivity index (χ3n) is 6.92. The highest BCUT2D eigenvalue weighted by molar-refractivity contribution is 6.02. The topological polar surface area (TPSA) is 139 Å². The van der Waals surface area contributed by atoms with Crippen LogP contribution in [0.3, 0.4) is 0 Å². The second kappa shape index (κ2) is 10.9. The summed E-state index contributed by atoms with van der Waals surface area (Å²) >= 11 is 0. The Morgan fingerprint density at radius 3 is 2.37 bits per heavy atom. The summed E-state index contributed by atoms with van der Waals surface area (Å²) in [6.45, 7) is 6.90. The minimum absolute atomic E-state index is 0.179. The van der Waals surface area contributed by atoms with Crippen LogP contribution < -0.4 is 16.3 Å². The Morgan fingerprint density at radius 2 is 1.71 bits per heavy atom. The first kappa shape index (κ1) is 26.7. The fourth-order valence-electron chi connectivity index (χ4n) is 4.38. The molecule has 0 spiro atoms. The number of amides is 2. The molecule has 3 N–H and O–H groups in total. The number of aryl methyl sites for hydroxylation is 2. The molecule has 2 heterocycles. The molecule has 2 aromatic heterocycles. The Labute approximate surface area is 218 Å². The number of benzene rings is 2. The monoisotopic (exact) mass is 518 g/mol. The van der Waals surface area contributed by atoms with Gasteiger partial charge in [0.2, 0.25) is 11.8 Å². The van der Waals surface area contributed by atoms with Gasteiger partial charge in [-0.3, -0.25) is 9.59 Å². The number of furan rings is 1. The molecule has 9 nitrogen and oxygen atoms in total. The van der Waals surface area contributed by atoms with Gasteiger partial charge in [-0.05, 0) is 37.0 Å². The molecule has 38 heavy (non-hydrogen) atoms. The molecule has 4 rings (SSSR count). The fraction of sp³-hybridized carbons (Fsp3) is 0.310. The van der Waals surface area contributed by atoms with E-state index in [1.54, 1.807) is 26.2 Å². The normalized spacial score (nSPS) is 12.8. The lowest BCUT2D eigenvalue weighted by atomic mass is 9.99. The first-order chi connectivity index (χ1) is 18.1. The second-order valence-corrected chi connectivity index (χ2v) is 9.58. The molecule has 0 fully saturated rings. The SMILES string of the molecule is CCC(C)C(NC(=O)CNC(=O)Cc1c(C)c2cc3c(-c4ccc(C)cc4)coc3cc2oc1=O)C(=O)O. The smallest absolute Gasteiger partial charge is 0.340 e. The van der Waals surface area contributed by atoms with E-state index in [4.69, 9.17) is 8.83 Å². The molecule has 2 aromatic carbocycles. The zero-order chi connectivity index (χ0) is 27.6. The number of hydrogen-bond acceptors (Lipinski definition) is 6. The quantitative estimate of drug-likeness (QED) is 0.284. The average Bonchev–Trinajstić information content (AvgIpc) is 3.30. The lowest BCUT2D eigenvalue weighted by Crippen LogP contribution is -2.48. The molecule has 0 saturated carbocycles. The second-order valence-electron chi connectivity index (χ2n) is 9.58. The largest absolute Gasteiger partial charge is 0.480 e. The summed E-state index contributed by atoms with van der Waals surface area (Å²) in [6, 6.07) is 10.6. The van der Waals surface area contributed by atoms with Gasteiger partial charge in [-0.2, -0.15) is 0 Å². The summed E-state index contributed by atoms with van der Waals surface area (Å²) < 4.78 is 11.3. The Morgan fingerprint density at radius 1 is 1.00 bits per heavy atom. The number of fused-ring (bicyclic) bond motifs is 2. The molecule has 0 aliphatic carbocycles. The van der Waals surface area contributed by atoms with Crippen LogP contribution in [0.15, 0.2) is 56.3 Å². The maximum absolute atomic E-state index is 12.7. The minimum Gasteiger partial charge on any atom is -0.480 e. The van der Waals surface area contributed by atoms with Crippen molar-refractivity contribution in [3.05, 3.63) is 69.8 Å². The van der Waals surface area contributed by atoms with Crippen LogP contribution in [-0.2, 0) is 20.8 Å². The molecule has 0 bridgehead atoms. The van der Waals surface area contributed by atoms with Gasteiger partial charge in [0.15, 0.2) is 0 Å². The average molecular weight is 519 g/mol. The van der Waals surface area contributed by atoms with Crippen LogP contribution >= 0.6 is 0 Å². The van der Waals surface area contributed by atoms with Gasteiger partial charge in [0.05, 0.1) is 24.8 Å². The van der Waals surface area contributed by atoms with Crippen molar-refractivity contribution in [2.24, 2.45) is 5.92 Å². The van der Waals surface area contributed by atoms with Gasteiger partial charge in [0, 0.05) is 22.4 Å². The molecule has 2 atom stereocenters. The van der Waals surface area contributed by atoms with E-state index in [1.165, 1.54) is 0 Å². The fourth-order valence-corrected chi connectivity index (χ4v) is 4.38. The number of rotatable bonds is 9. The van der Waals surface area contributed by atoms with Gasteiger partial charge in [0.25, 0.3) is 0 Å². The predicted octanol–water partition coefficient (Wildman–Crippen LogP) is 4.10. The standard InChI is InChI=1S/C29H30N2O7/c1-5-16(3)27(28(34)35)31-26(33)13-30-25(32)11-20-17(4)19-10-21-22(18-8-6-15(2)7-9-18)14-37-23(21)12-24(19)38-29(20)36/h6-10,12,14,16,27H,5,11,13H2,1-4H3,(H,30,32)(H,31,33)(H,34,35). The molecule has 0 saturated heterocycles. The van der Waals surface area contributed by atoms with E-state index in [2.05, 4.69) is 10.6 Å². The molecular weight excluding hydrogens is 488 g/mol. The van der Waals surface area contributed by atoms with Crippen molar-refractivity contribution in [1.82, 2.24) is 10.6 Å². The highest BCUT2D eigenvalue weighted by atomic mass is 16.4. The summed E-state index contributed by atoms with van der Waals surface area (Å²) in [5.41, 5.74) is 4.07. The number of carboxylic acid groups (broad SMARTS) is 1. The van der Waals surface area contributed by atoms with Gasteiger partial charge < -0.3 is 24.6 Å². The van der Waals surface area contributed by atoms with Crippen LogP contribution in [0.2, 0.25) is 0 Å². The molecule has 9 heteroatoms. The Bertz CT molecular complexity index is 1580. The third-order valence-corrected chi connectivity index (χ3v) is 6.92. The number of aliphatic carboxylic acids is 1. The van der Waals surface area contributed by atoms with E-state index < -0.39 is 36.0 Å². The van der Waals surface area contributed by atoms with Gasteiger partial charge >= 0.3 is 11.6 Å². The highest BCUT2D eigenvalue weighted by Crippen LogP contribution is 2.34. The van der Waals surface area contributed by atoms with Gasteiger partial charge in [-0.1, -0.05) is 50.1 Å². The van der Waals surface area contributed by atoms with Crippen molar-refractivity contribution in [2.75, 3.05) is 6.54 Å². The van der Waals surface area contributed by atoms with Crippen LogP contribution in [0.4, 0.5) is 0 Å². The van der Waals surface area contributed by atoms with E-state index in [1.807, 2.05) is 44.2 Å². The lowest BCUT2D eigenvalue weighted by molar-refractivity contribution is -0.143. The molecule has 198 valence electrons. The van der Waals surface area contributed by atoms with Crippen LogP contribution in [0.25, 0.3) is 33.1 Å². The van der Waals surface area contributed by atoms with E-state index in [-0.39, 0.29) is 17.9 Å². The molecule has 0 aliphatic heterocycles. The third kappa shape index (κ3) is 5.46. The van der Waals surface area contributed by atoms with E-state index in [0.717, 1.165) is 22.1 Å². The molecular formula is C29H30N2O7. The number of carbonyl (C=O) groups is 3. The van der Waals surface area contributed by atoms with Crippen LogP contribution in [0.5, 0.6) is 0 Å². The van der Waals surface area contributed by atoms with E-state index >= 15 is 0 Å². The first-order valence-corrected chi connectivity index (χ1v) is 12.4. The maximum atomic E-state index is 12.7. The van der Waals surface area contributed by atoms with Gasteiger partial charge in [-0.25, -0.2) is 9.59 Å². The Hall–Kier alpha value is -4.40. The van der Waals surface area contributed by atoms with Crippen LogP contribution in [0.1, 0.15) is 37.0 Å². The van der Waals surface area contributed by atoms with Crippen molar-refractivity contribution in [3.8, 4) is 11.1 Å². The summed E-state index contributed by atoms with van der Waals surface area (Å²) in [6.07, 6.45) is 1.94. The van der Waals surface area contributed by atoms with E-state index in [0.29, 0.717) is 28.5 Å². The van der Waals surface area contributed by atoms with E-state index in [9.17, 15) is 24.3 Å².